The summed E-state index contributed by atoms with van der Waals surface area (Å²) in [4.78, 5) is 15.7. The second kappa shape index (κ2) is 6.19. The molecule has 1 amide bonds. The Kier molecular flexibility index (Phi) is 4.58. The van der Waals surface area contributed by atoms with E-state index in [0.717, 1.165) is 32.5 Å². The molecule has 2 rings (SSSR count). The molecule has 0 N–H and O–H groups in total. The molecule has 1 aromatic rings. The van der Waals surface area contributed by atoms with Crippen LogP contribution >= 0.6 is 0 Å². The number of carbonyl (C=O) groups is 1. The first-order valence-electron chi connectivity index (χ1n) is 6.94. The van der Waals surface area contributed by atoms with Gasteiger partial charge in [-0.3, -0.25) is 9.48 Å². The molecule has 0 bridgehead atoms. The van der Waals surface area contributed by atoms with Gasteiger partial charge in [-0.1, -0.05) is 0 Å². The van der Waals surface area contributed by atoms with Gasteiger partial charge in [0.05, 0.1) is 6.20 Å². The molecule has 2 heterocycles. The van der Waals surface area contributed by atoms with Gasteiger partial charge in [0.1, 0.15) is 0 Å². The predicted molar refractivity (Wildman–Crippen MR) is 74.8 cm³/mol. The van der Waals surface area contributed by atoms with Crippen LogP contribution in [0.25, 0.3) is 0 Å². The van der Waals surface area contributed by atoms with Gasteiger partial charge < -0.3 is 9.80 Å². The Labute approximate surface area is 115 Å². The third kappa shape index (κ3) is 4.06. The fourth-order valence-electron chi connectivity index (χ4n) is 2.70. The van der Waals surface area contributed by atoms with E-state index in [0.29, 0.717) is 12.3 Å². The van der Waals surface area contributed by atoms with Gasteiger partial charge in [0.15, 0.2) is 0 Å². The minimum atomic E-state index is 0.286. The van der Waals surface area contributed by atoms with E-state index in [1.807, 2.05) is 29.9 Å². The largest absolute Gasteiger partial charge is 0.345 e. The summed E-state index contributed by atoms with van der Waals surface area (Å²) < 4.78 is 1.84. The zero-order valence-electron chi connectivity index (χ0n) is 12.2. The Morgan fingerprint density at radius 2 is 2.26 bits per heavy atom. The van der Waals surface area contributed by atoms with Gasteiger partial charge in [-0.2, -0.15) is 5.10 Å². The molecule has 1 aromatic heterocycles. The molecule has 106 valence electrons. The summed E-state index contributed by atoms with van der Waals surface area (Å²) >= 11 is 0. The van der Waals surface area contributed by atoms with Gasteiger partial charge in [0.2, 0.25) is 5.91 Å². The molecule has 1 saturated heterocycles. The number of nitrogens with zero attached hydrogens (tertiary/aromatic N) is 4. The number of hydrogen-bond donors (Lipinski definition) is 0. The Balaban J connectivity index is 1.72. The Morgan fingerprint density at radius 3 is 2.89 bits per heavy atom. The molecule has 19 heavy (non-hydrogen) atoms. The van der Waals surface area contributed by atoms with Crippen LogP contribution in [0.1, 0.15) is 18.4 Å². The van der Waals surface area contributed by atoms with Gasteiger partial charge in [-0.05, 0) is 31.4 Å². The highest BCUT2D eigenvalue weighted by molar-refractivity contribution is 5.76. The Hall–Kier alpha value is -1.36. The fraction of sp³-hybridized carbons (Fsp3) is 0.714. The van der Waals surface area contributed by atoms with Gasteiger partial charge in [0, 0.05) is 46.3 Å². The molecule has 5 heteroatoms. The van der Waals surface area contributed by atoms with Crippen LogP contribution in [0.3, 0.4) is 0 Å². The van der Waals surface area contributed by atoms with Gasteiger partial charge >= 0.3 is 0 Å². The lowest BCUT2D eigenvalue weighted by Gasteiger charge is -2.32. The van der Waals surface area contributed by atoms with Crippen molar-refractivity contribution in [1.29, 1.82) is 0 Å². The van der Waals surface area contributed by atoms with Crippen molar-refractivity contribution in [2.45, 2.75) is 19.3 Å². The number of carbonyl (C=O) groups excluding carboxylic acids is 1. The van der Waals surface area contributed by atoms with Gasteiger partial charge in [-0.15, -0.1) is 0 Å². The van der Waals surface area contributed by atoms with Crippen molar-refractivity contribution >= 4 is 5.91 Å². The molecule has 5 nitrogen and oxygen atoms in total. The topological polar surface area (TPSA) is 41.4 Å². The predicted octanol–water partition coefficient (Wildman–Crippen LogP) is 0.763. The van der Waals surface area contributed by atoms with Crippen LogP contribution in [0.2, 0.25) is 0 Å². The quantitative estimate of drug-likeness (QED) is 0.788. The normalized spacial score (nSPS) is 20.3. The average Bonchev–Trinajstić information content (AvgIpc) is 2.77. The van der Waals surface area contributed by atoms with E-state index in [4.69, 9.17) is 0 Å². The van der Waals surface area contributed by atoms with E-state index in [2.05, 4.69) is 23.2 Å². The maximum absolute atomic E-state index is 11.4. The number of rotatable bonds is 5. The summed E-state index contributed by atoms with van der Waals surface area (Å²) in [5.41, 5.74) is 1.28. The summed E-state index contributed by atoms with van der Waals surface area (Å²) in [6, 6.07) is 0. The molecular weight excluding hydrogens is 240 g/mol. The zero-order chi connectivity index (χ0) is 13.8. The van der Waals surface area contributed by atoms with Crippen molar-refractivity contribution in [1.82, 2.24) is 19.6 Å². The third-order valence-electron chi connectivity index (χ3n) is 3.83. The number of amides is 1. The van der Waals surface area contributed by atoms with E-state index in [1.165, 1.54) is 5.56 Å². The van der Waals surface area contributed by atoms with Crippen LogP contribution in [-0.2, 0) is 18.3 Å². The van der Waals surface area contributed by atoms with Crippen molar-refractivity contribution in [3.05, 3.63) is 18.0 Å². The molecule has 1 atom stereocenters. The molecule has 0 aliphatic carbocycles. The standard InChI is InChI=1S/C14H24N4O/c1-16(7-6-12-8-15-18(3)11-12)9-13-4-5-14(19)17(2)10-13/h8,11,13H,4-7,9-10H2,1-3H3. The maximum Gasteiger partial charge on any atom is 0.222 e. The first-order chi connectivity index (χ1) is 9.04. The molecular formula is C14H24N4O. The molecule has 0 radical (unpaired) electrons. The summed E-state index contributed by atoms with van der Waals surface area (Å²) in [5.74, 6) is 0.899. The van der Waals surface area contributed by atoms with Crippen molar-refractivity contribution in [2.75, 3.05) is 33.7 Å². The van der Waals surface area contributed by atoms with Crippen molar-refractivity contribution < 1.29 is 4.79 Å². The van der Waals surface area contributed by atoms with E-state index in [-0.39, 0.29) is 5.91 Å². The SMILES string of the molecule is CN(CCc1cnn(C)c1)CC1CCC(=O)N(C)C1. The van der Waals surface area contributed by atoms with Gasteiger partial charge in [0.25, 0.3) is 0 Å². The molecule has 1 aliphatic rings. The van der Waals surface area contributed by atoms with Crippen molar-refractivity contribution in [3.63, 3.8) is 0 Å². The van der Waals surface area contributed by atoms with Crippen LogP contribution in [0.4, 0.5) is 0 Å². The highest BCUT2D eigenvalue weighted by Crippen LogP contribution is 2.17. The lowest BCUT2D eigenvalue weighted by atomic mass is 9.97. The maximum atomic E-state index is 11.4. The Bertz CT molecular complexity index is 429. The summed E-state index contributed by atoms with van der Waals surface area (Å²) in [6.45, 7) is 3.01. The molecule has 1 aliphatic heterocycles. The van der Waals surface area contributed by atoms with E-state index in [1.54, 1.807) is 0 Å². The third-order valence-corrected chi connectivity index (χ3v) is 3.83. The number of piperidine rings is 1. The van der Waals surface area contributed by atoms with E-state index < -0.39 is 0 Å². The van der Waals surface area contributed by atoms with Crippen LogP contribution < -0.4 is 0 Å². The number of likely N-dealkylation sites (tertiary alicyclic amines) is 1. The fourth-order valence-corrected chi connectivity index (χ4v) is 2.70. The molecule has 0 aromatic carbocycles. The highest BCUT2D eigenvalue weighted by Gasteiger charge is 2.23. The van der Waals surface area contributed by atoms with Crippen LogP contribution in [0.15, 0.2) is 12.4 Å². The summed E-state index contributed by atoms with van der Waals surface area (Å²) in [7, 11) is 6.01. The van der Waals surface area contributed by atoms with Crippen LogP contribution in [0, 0.1) is 5.92 Å². The first-order valence-corrected chi connectivity index (χ1v) is 6.94. The zero-order valence-corrected chi connectivity index (χ0v) is 12.2. The molecule has 1 fully saturated rings. The van der Waals surface area contributed by atoms with E-state index >= 15 is 0 Å². The first kappa shape index (κ1) is 14.1. The van der Waals surface area contributed by atoms with Crippen molar-refractivity contribution in [2.24, 2.45) is 13.0 Å². The number of likely N-dealkylation sites (N-methyl/N-ethyl adjacent to an activating group) is 1. The second-order valence-electron chi connectivity index (χ2n) is 5.71. The number of aryl methyl sites for hydroxylation is 1. The lowest BCUT2D eigenvalue weighted by Crippen LogP contribution is -2.41. The van der Waals surface area contributed by atoms with Gasteiger partial charge in [-0.25, -0.2) is 0 Å². The van der Waals surface area contributed by atoms with Crippen LogP contribution in [-0.4, -0.2) is 59.2 Å². The lowest BCUT2D eigenvalue weighted by molar-refractivity contribution is -0.133. The second-order valence-corrected chi connectivity index (χ2v) is 5.71. The average molecular weight is 264 g/mol. The van der Waals surface area contributed by atoms with E-state index in [9.17, 15) is 4.79 Å². The molecule has 0 spiro atoms. The molecule has 1 unspecified atom stereocenters. The summed E-state index contributed by atoms with van der Waals surface area (Å²) in [5, 5.41) is 4.18. The Morgan fingerprint density at radius 1 is 1.47 bits per heavy atom. The van der Waals surface area contributed by atoms with Crippen molar-refractivity contribution in [3.8, 4) is 0 Å². The minimum absolute atomic E-state index is 0.286. The van der Waals surface area contributed by atoms with Crippen LogP contribution in [0.5, 0.6) is 0 Å². The monoisotopic (exact) mass is 264 g/mol. The number of hydrogen-bond acceptors (Lipinski definition) is 3. The smallest absolute Gasteiger partial charge is 0.222 e. The summed E-state index contributed by atoms with van der Waals surface area (Å²) in [6.07, 6.45) is 6.77. The minimum Gasteiger partial charge on any atom is -0.345 e. The highest BCUT2D eigenvalue weighted by atomic mass is 16.2. The molecule has 0 saturated carbocycles. The number of aromatic nitrogens is 2.